The number of ketones is 1. The van der Waals surface area contributed by atoms with Crippen molar-refractivity contribution in [3.05, 3.63) is 77.6 Å². The standard InChI is InChI=1S/C30H38F3N5O3/c1-38(15-12-34,16-13-35)14-4-7-25(36)30(40)37-26(27(39)18-22-9-11-24(31)29(33)28(22)32)19-41-23-10-8-20-5-2-3-6-21(20)17-23/h2-3,5-6,8-11,17,25-26H,4,7,12-16,18-19,34-36H2,1H3/p+1/t25-,26-/m0/s1. The zero-order valence-corrected chi connectivity index (χ0v) is 23.3. The molecule has 0 radical (unpaired) electrons. The van der Waals surface area contributed by atoms with Crippen LogP contribution in [0, 0.1) is 17.5 Å². The van der Waals surface area contributed by atoms with Gasteiger partial charge in [0.15, 0.2) is 23.2 Å². The van der Waals surface area contributed by atoms with Gasteiger partial charge >= 0.3 is 0 Å². The van der Waals surface area contributed by atoms with Gasteiger partial charge in [0.05, 0.1) is 32.7 Å². The molecule has 0 saturated heterocycles. The molecule has 2 atom stereocenters. The van der Waals surface area contributed by atoms with Gasteiger partial charge in [0, 0.05) is 19.5 Å². The maximum atomic E-state index is 14.3. The first kappa shape index (κ1) is 32.0. The minimum Gasteiger partial charge on any atom is -0.491 e. The molecule has 0 heterocycles. The number of fused-ring (bicyclic) bond motifs is 1. The lowest BCUT2D eigenvalue weighted by atomic mass is 10.0. The van der Waals surface area contributed by atoms with E-state index in [9.17, 15) is 22.8 Å². The summed E-state index contributed by atoms with van der Waals surface area (Å²) in [7, 11) is 2.04. The number of halogens is 3. The zero-order chi connectivity index (χ0) is 30.0. The van der Waals surface area contributed by atoms with Crippen LogP contribution in [0.4, 0.5) is 13.2 Å². The predicted molar refractivity (Wildman–Crippen MR) is 153 cm³/mol. The average Bonchev–Trinajstić information content (AvgIpc) is 2.95. The normalized spacial score (nSPS) is 13.1. The van der Waals surface area contributed by atoms with Gasteiger partial charge in [-0.1, -0.05) is 36.4 Å². The molecule has 222 valence electrons. The summed E-state index contributed by atoms with van der Waals surface area (Å²) in [6.45, 7) is 2.93. The molecule has 3 aromatic carbocycles. The molecule has 8 nitrogen and oxygen atoms in total. The molecule has 0 bridgehead atoms. The Labute approximate surface area is 238 Å². The second kappa shape index (κ2) is 14.9. The molecule has 1 amide bonds. The monoisotopic (exact) mass is 574 g/mol. The highest BCUT2D eigenvalue weighted by atomic mass is 19.2. The van der Waals surface area contributed by atoms with Crippen LogP contribution in [0.25, 0.3) is 10.8 Å². The van der Waals surface area contributed by atoms with Crippen LogP contribution in [0.1, 0.15) is 18.4 Å². The molecule has 0 spiro atoms. The second-order valence-corrected chi connectivity index (χ2v) is 10.5. The lowest BCUT2D eigenvalue weighted by molar-refractivity contribution is -0.907. The van der Waals surface area contributed by atoms with Crippen LogP contribution < -0.4 is 27.3 Å². The Morgan fingerprint density at radius 2 is 1.61 bits per heavy atom. The van der Waals surface area contributed by atoms with Gasteiger partial charge in [-0.3, -0.25) is 9.59 Å². The van der Waals surface area contributed by atoms with Gasteiger partial charge in [0.1, 0.15) is 18.4 Å². The third-order valence-electron chi connectivity index (χ3n) is 7.21. The van der Waals surface area contributed by atoms with Gasteiger partial charge in [0.25, 0.3) is 0 Å². The van der Waals surface area contributed by atoms with Crippen molar-refractivity contribution in [1.29, 1.82) is 0 Å². The summed E-state index contributed by atoms with van der Waals surface area (Å²) < 4.78 is 48.0. The summed E-state index contributed by atoms with van der Waals surface area (Å²) in [5, 5.41) is 4.52. The first-order valence-corrected chi connectivity index (χ1v) is 13.6. The summed E-state index contributed by atoms with van der Waals surface area (Å²) in [6, 6.07) is 12.6. The zero-order valence-electron chi connectivity index (χ0n) is 23.3. The number of carbonyl (C=O) groups is 2. The first-order valence-electron chi connectivity index (χ1n) is 13.6. The highest BCUT2D eigenvalue weighted by Gasteiger charge is 2.27. The highest BCUT2D eigenvalue weighted by Crippen LogP contribution is 2.21. The number of Topliss-reactive ketones (excluding diaryl/α,β-unsaturated/α-hetero) is 1. The number of quaternary nitrogens is 1. The number of nitrogens with one attached hydrogen (secondary N) is 1. The van der Waals surface area contributed by atoms with Crippen molar-refractivity contribution < 1.29 is 32.0 Å². The Bertz CT molecular complexity index is 1330. The Kier molecular flexibility index (Phi) is 11.7. The van der Waals surface area contributed by atoms with Crippen LogP contribution >= 0.6 is 0 Å². The fourth-order valence-electron chi connectivity index (χ4n) is 4.73. The smallest absolute Gasteiger partial charge is 0.237 e. The molecule has 0 aromatic heterocycles. The number of hydrogen-bond donors (Lipinski definition) is 4. The summed E-state index contributed by atoms with van der Waals surface area (Å²) in [4.78, 5) is 26.2. The minimum atomic E-state index is -1.67. The predicted octanol–water partition coefficient (Wildman–Crippen LogP) is 2.40. The molecule has 0 saturated carbocycles. The lowest BCUT2D eigenvalue weighted by Gasteiger charge is -2.34. The molecule has 7 N–H and O–H groups in total. The topological polar surface area (TPSA) is 133 Å². The Morgan fingerprint density at radius 1 is 0.927 bits per heavy atom. The van der Waals surface area contributed by atoms with E-state index in [4.69, 9.17) is 21.9 Å². The lowest BCUT2D eigenvalue weighted by Crippen LogP contribution is -2.52. The van der Waals surface area contributed by atoms with Crippen molar-refractivity contribution in [3.8, 4) is 5.75 Å². The molecule has 11 heteroatoms. The molecule has 0 aliphatic carbocycles. The van der Waals surface area contributed by atoms with Gasteiger partial charge in [-0.25, -0.2) is 13.2 Å². The van der Waals surface area contributed by atoms with Crippen molar-refractivity contribution in [1.82, 2.24) is 5.32 Å². The Morgan fingerprint density at radius 3 is 2.29 bits per heavy atom. The van der Waals surface area contributed by atoms with Gasteiger partial charge in [0.2, 0.25) is 5.91 Å². The number of nitrogens with zero attached hydrogens (tertiary/aromatic N) is 1. The van der Waals surface area contributed by atoms with Crippen molar-refractivity contribution in [3.63, 3.8) is 0 Å². The number of nitrogens with two attached hydrogens (primary N) is 3. The second-order valence-electron chi connectivity index (χ2n) is 10.5. The molecular formula is C30H39F3N5O3+. The van der Waals surface area contributed by atoms with E-state index >= 15 is 0 Å². The van der Waals surface area contributed by atoms with Crippen molar-refractivity contribution >= 4 is 22.5 Å². The molecule has 0 unspecified atom stereocenters. The van der Waals surface area contributed by atoms with E-state index in [0.29, 0.717) is 36.2 Å². The molecule has 0 aliphatic heterocycles. The van der Waals surface area contributed by atoms with E-state index in [2.05, 4.69) is 5.32 Å². The van der Waals surface area contributed by atoms with Gasteiger partial charge in [-0.05, 0) is 47.4 Å². The van der Waals surface area contributed by atoms with Crippen LogP contribution in [-0.2, 0) is 16.0 Å². The minimum absolute atomic E-state index is 0.275. The molecule has 3 aromatic rings. The highest BCUT2D eigenvalue weighted by molar-refractivity contribution is 5.92. The number of ether oxygens (including phenoxy) is 1. The van der Waals surface area contributed by atoms with Crippen LogP contribution in [0.15, 0.2) is 54.6 Å². The molecule has 3 rings (SSSR count). The Hall–Kier alpha value is -3.51. The third kappa shape index (κ3) is 8.99. The van der Waals surface area contributed by atoms with Gasteiger partial charge in [-0.15, -0.1) is 0 Å². The number of amides is 1. The number of carbonyl (C=O) groups excluding carboxylic acids is 2. The summed E-state index contributed by atoms with van der Waals surface area (Å²) in [5.41, 5.74) is 17.3. The molecule has 0 aliphatic rings. The van der Waals surface area contributed by atoms with Crippen molar-refractivity contribution in [2.45, 2.75) is 31.3 Å². The van der Waals surface area contributed by atoms with Gasteiger partial charge < -0.3 is 31.7 Å². The fourth-order valence-corrected chi connectivity index (χ4v) is 4.73. The van der Waals surface area contributed by atoms with Crippen LogP contribution in [0.3, 0.4) is 0 Å². The van der Waals surface area contributed by atoms with Crippen LogP contribution in [-0.4, -0.2) is 74.6 Å². The Balaban J connectivity index is 1.70. The van der Waals surface area contributed by atoms with E-state index < -0.39 is 47.6 Å². The van der Waals surface area contributed by atoms with Crippen LogP contribution in [0.5, 0.6) is 5.75 Å². The number of rotatable bonds is 16. The SMILES string of the molecule is C[N+](CCN)(CCN)CCC[C@H](N)C(=O)N[C@@H](COc1ccc2ccccc2c1)C(=O)Cc1ccc(F)c(F)c1F. The number of benzene rings is 3. The fraction of sp³-hybridized carbons (Fsp3) is 0.400. The quantitative estimate of drug-likeness (QED) is 0.153. The maximum absolute atomic E-state index is 14.3. The number of likely N-dealkylation sites (N-methyl/N-ethyl adjacent to an activating group) is 1. The molecule has 0 fully saturated rings. The average molecular weight is 575 g/mol. The third-order valence-corrected chi connectivity index (χ3v) is 7.21. The van der Waals surface area contributed by atoms with E-state index in [0.717, 1.165) is 42.5 Å². The first-order chi connectivity index (χ1) is 19.6. The van der Waals surface area contributed by atoms with E-state index in [1.165, 1.54) is 0 Å². The molecule has 41 heavy (non-hydrogen) atoms. The number of hydrogen-bond acceptors (Lipinski definition) is 6. The van der Waals surface area contributed by atoms with Crippen LogP contribution in [0.2, 0.25) is 0 Å². The van der Waals surface area contributed by atoms with Gasteiger partial charge in [-0.2, -0.15) is 0 Å². The van der Waals surface area contributed by atoms with Crippen molar-refractivity contribution in [2.24, 2.45) is 17.2 Å². The van der Waals surface area contributed by atoms with E-state index in [1.54, 1.807) is 12.1 Å². The maximum Gasteiger partial charge on any atom is 0.237 e. The molecular weight excluding hydrogens is 535 g/mol. The van der Waals surface area contributed by atoms with E-state index in [1.807, 2.05) is 37.4 Å². The largest absolute Gasteiger partial charge is 0.491 e. The van der Waals surface area contributed by atoms with E-state index in [-0.39, 0.29) is 12.2 Å². The van der Waals surface area contributed by atoms with Crippen molar-refractivity contribution in [2.75, 3.05) is 46.4 Å². The summed E-state index contributed by atoms with van der Waals surface area (Å²) in [6.07, 6.45) is 0.384. The summed E-state index contributed by atoms with van der Waals surface area (Å²) >= 11 is 0. The summed E-state index contributed by atoms with van der Waals surface area (Å²) in [5.74, 6) is -5.25.